The third-order valence-corrected chi connectivity index (χ3v) is 4.82. The Kier molecular flexibility index (Phi) is 12.9. The zero-order valence-electron chi connectivity index (χ0n) is 16.0. The molecule has 150 valence electrons. The van der Waals surface area contributed by atoms with Crippen molar-refractivity contribution in [2.24, 2.45) is 10.1 Å². The molecule has 0 saturated carbocycles. The van der Waals surface area contributed by atoms with Crippen LogP contribution in [0.5, 0.6) is 0 Å². The highest BCUT2D eigenvalue weighted by atomic mass is 127. The van der Waals surface area contributed by atoms with Crippen molar-refractivity contribution in [3.05, 3.63) is 29.8 Å². The molecule has 0 aliphatic carbocycles. The number of sulfonamides is 1. The van der Waals surface area contributed by atoms with Crippen LogP contribution >= 0.6 is 24.0 Å². The molecule has 0 saturated heterocycles. The van der Waals surface area contributed by atoms with Gasteiger partial charge < -0.3 is 10.6 Å². The highest BCUT2D eigenvalue weighted by Gasteiger charge is 2.07. The van der Waals surface area contributed by atoms with Crippen molar-refractivity contribution in [2.45, 2.75) is 70.4 Å². The fourth-order valence-electron chi connectivity index (χ4n) is 2.46. The predicted molar refractivity (Wildman–Crippen MR) is 119 cm³/mol. The van der Waals surface area contributed by atoms with Crippen molar-refractivity contribution >= 4 is 40.0 Å². The number of hydrogen-bond acceptors (Lipinski definition) is 3. The minimum absolute atomic E-state index is 0. The normalized spacial score (nSPS) is 13.0. The van der Waals surface area contributed by atoms with Crippen LogP contribution in [0.15, 0.2) is 34.2 Å². The van der Waals surface area contributed by atoms with E-state index in [1.165, 1.54) is 37.8 Å². The van der Waals surface area contributed by atoms with Crippen LogP contribution in [-0.2, 0) is 16.6 Å². The van der Waals surface area contributed by atoms with Gasteiger partial charge in [-0.25, -0.2) is 18.5 Å². The molecule has 0 bridgehead atoms. The first-order valence-electron chi connectivity index (χ1n) is 9.03. The highest BCUT2D eigenvalue weighted by Crippen LogP contribution is 2.10. The van der Waals surface area contributed by atoms with Crippen LogP contribution in [0.4, 0.5) is 0 Å². The summed E-state index contributed by atoms with van der Waals surface area (Å²) in [5.74, 6) is 0.779. The lowest BCUT2D eigenvalue weighted by molar-refractivity contribution is 0.537. The molecule has 0 heterocycles. The topological polar surface area (TPSA) is 96.6 Å². The lowest BCUT2D eigenvalue weighted by Crippen LogP contribution is -2.42. The van der Waals surface area contributed by atoms with E-state index in [0.717, 1.165) is 24.5 Å². The number of hydrogen-bond donors (Lipinski definition) is 3. The zero-order valence-corrected chi connectivity index (χ0v) is 19.1. The molecule has 0 radical (unpaired) electrons. The van der Waals surface area contributed by atoms with Gasteiger partial charge in [0.1, 0.15) is 0 Å². The van der Waals surface area contributed by atoms with Gasteiger partial charge in [-0.15, -0.1) is 24.0 Å². The number of guanidine groups is 1. The average Bonchev–Trinajstić information content (AvgIpc) is 2.56. The van der Waals surface area contributed by atoms with Gasteiger partial charge in [0.2, 0.25) is 10.0 Å². The summed E-state index contributed by atoms with van der Waals surface area (Å²) >= 11 is 0. The molecule has 1 aromatic rings. The highest BCUT2D eigenvalue weighted by molar-refractivity contribution is 14.0. The van der Waals surface area contributed by atoms with E-state index in [9.17, 15) is 8.42 Å². The smallest absolute Gasteiger partial charge is 0.238 e. The second-order valence-electron chi connectivity index (χ2n) is 6.28. The van der Waals surface area contributed by atoms with E-state index < -0.39 is 10.0 Å². The summed E-state index contributed by atoms with van der Waals surface area (Å²) < 4.78 is 22.5. The van der Waals surface area contributed by atoms with Crippen molar-refractivity contribution in [1.82, 2.24) is 10.6 Å². The molecule has 8 heteroatoms. The Bertz CT molecular complexity index is 633. The number of halogens is 1. The average molecular weight is 496 g/mol. The van der Waals surface area contributed by atoms with Crippen LogP contribution in [-0.4, -0.2) is 27.0 Å². The lowest BCUT2D eigenvalue weighted by atomic mass is 10.1. The predicted octanol–water partition coefficient (Wildman–Crippen LogP) is 3.37. The third-order valence-electron chi connectivity index (χ3n) is 3.89. The second-order valence-corrected chi connectivity index (χ2v) is 7.84. The van der Waals surface area contributed by atoms with Crippen LogP contribution < -0.4 is 15.8 Å². The minimum atomic E-state index is -3.65. The number of benzene rings is 1. The summed E-state index contributed by atoms with van der Waals surface area (Å²) in [4.78, 5) is 4.69. The van der Waals surface area contributed by atoms with Gasteiger partial charge in [0.25, 0.3) is 0 Å². The first-order chi connectivity index (χ1) is 11.9. The monoisotopic (exact) mass is 496 g/mol. The number of aliphatic imine (C=N–C) groups is 1. The standard InChI is InChI=1S/C18H32N4O2S.HI/c1-4-6-7-8-9-15(3)22-18(20-5-2)21-14-16-10-12-17(13-11-16)25(19,23)24;/h10-13,15H,4-9,14H2,1-3H3,(H2,19,23,24)(H2,20,21,22);1H. The van der Waals surface area contributed by atoms with Gasteiger partial charge in [0, 0.05) is 12.6 Å². The van der Waals surface area contributed by atoms with Gasteiger partial charge in [0.15, 0.2) is 5.96 Å². The maximum absolute atomic E-state index is 11.3. The molecule has 0 fully saturated rings. The van der Waals surface area contributed by atoms with Crippen molar-refractivity contribution in [2.75, 3.05) is 6.54 Å². The van der Waals surface area contributed by atoms with Crippen LogP contribution in [0, 0.1) is 0 Å². The van der Waals surface area contributed by atoms with E-state index in [4.69, 9.17) is 5.14 Å². The van der Waals surface area contributed by atoms with Crippen molar-refractivity contribution in [3.8, 4) is 0 Å². The van der Waals surface area contributed by atoms with Gasteiger partial charge in [-0.3, -0.25) is 0 Å². The molecular formula is C18H33IN4O2S. The van der Waals surface area contributed by atoms with E-state index in [-0.39, 0.29) is 28.9 Å². The van der Waals surface area contributed by atoms with Gasteiger partial charge in [-0.1, -0.05) is 44.7 Å². The van der Waals surface area contributed by atoms with E-state index in [2.05, 4.69) is 29.5 Å². The van der Waals surface area contributed by atoms with Crippen LogP contribution in [0.1, 0.15) is 58.4 Å². The Morgan fingerprint density at radius 2 is 1.81 bits per heavy atom. The minimum Gasteiger partial charge on any atom is -0.357 e. The molecule has 4 N–H and O–H groups in total. The molecule has 26 heavy (non-hydrogen) atoms. The van der Waals surface area contributed by atoms with Crippen LogP contribution in [0.25, 0.3) is 0 Å². The molecule has 0 aliphatic rings. The molecule has 1 rings (SSSR count). The van der Waals surface area contributed by atoms with E-state index in [0.29, 0.717) is 12.6 Å². The maximum atomic E-state index is 11.3. The number of nitrogens with one attached hydrogen (secondary N) is 2. The molecule has 0 aromatic heterocycles. The molecular weight excluding hydrogens is 463 g/mol. The largest absolute Gasteiger partial charge is 0.357 e. The number of unbranched alkanes of at least 4 members (excludes halogenated alkanes) is 3. The number of nitrogens with two attached hydrogens (primary N) is 1. The Hall–Kier alpha value is -0.870. The summed E-state index contributed by atoms with van der Waals surface area (Å²) in [5.41, 5.74) is 0.931. The zero-order chi connectivity index (χ0) is 18.7. The first kappa shape index (κ1) is 25.1. The van der Waals surface area contributed by atoms with E-state index >= 15 is 0 Å². The maximum Gasteiger partial charge on any atom is 0.238 e. The van der Waals surface area contributed by atoms with Crippen molar-refractivity contribution in [3.63, 3.8) is 0 Å². The summed E-state index contributed by atoms with van der Waals surface area (Å²) in [6, 6.07) is 6.86. The van der Waals surface area contributed by atoms with Crippen molar-refractivity contribution < 1.29 is 8.42 Å². The molecule has 0 aliphatic heterocycles. The molecule has 1 aromatic carbocycles. The van der Waals surface area contributed by atoms with E-state index in [1.807, 2.05) is 6.92 Å². The first-order valence-corrected chi connectivity index (χ1v) is 10.6. The summed E-state index contributed by atoms with van der Waals surface area (Å²) in [6.45, 7) is 7.68. The van der Waals surface area contributed by atoms with Crippen molar-refractivity contribution in [1.29, 1.82) is 0 Å². The molecule has 6 nitrogen and oxygen atoms in total. The van der Waals surface area contributed by atoms with Gasteiger partial charge in [-0.2, -0.15) is 0 Å². The SMILES string of the molecule is CCCCCCC(C)NC(=NCc1ccc(S(N)(=O)=O)cc1)NCC.I. The second kappa shape index (κ2) is 13.3. The number of primary sulfonamides is 1. The number of nitrogens with zero attached hydrogens (tertiary/aromatic N) is 1. The van der Waals surface area contributed by atoms with Gasteiger partial charge in [-0.05, 0) is 38.0 Å². The third kappa shape index (κ3) is 10.3. The quantitative estimate of drug-likeness (QED) is 0.200. The fraction of sp³-hybridized carbons (Fsp3) is 0.611. The Morgan fingerprint density at radius 1 is 1.15 bits per heavy atom. The fourth-order valence-corrected chi connectivity index (χ4v) is 2.97. The summed E-state index contributed by atoms with van der Waals surface area (Å²) in [5, 5.41) is 11.8. The van der Waals surface area contributed by atoms with Gasteiger partial charge in [0.05, 0.1) is 11.4 Å². The Balaban J connectivity index is 0.00000625. The molecule has 1 unspecified atom stereocenters. The Labute approximate surface area is 175 Å². The van der Waals surface area contributed by atoms with Crippen LogP contribution in [0.3, 0.4) is 0 Å². The van der Waals surface area contributed by atoms with Crippen LogP contribution in [0.2, 0.25) is 0 Å². The molecule has 0 amide bonds. The number of rotatable bonds is 10. The Morgan fingerprint density at radius 3 is 2.35 bits per heavy atom. The summed E-state index contributed by atoms with van der Waals surface area (Å²) in [7, 11) is -3.65. The lowest BCUT2D eigenvalue weighted by Gasteiger charge is -2.17. The van der Waals surface area contributed by atoms with E-state index in [1.54, 1.807) is 12.1 Å². The summed E-state index contributed by atoms with van der Waals surface area (Å²) in [6.07, 6.45) is 6.14. The van der Waals surface area contributed by atoms with Gasteiger partial charge >= 0.3 is 0 Å². The molecule has 0 spiro atoms. The molecule has 1 atom stereocenters.